The van der Waals surface area contributed by atoms with Crippen LogP contribution in [-0.4, -0.2) is 18.1 Å². The van der Waals surface area contributed by atoms with E-state index >= 15 is 0 Å². The van der Waals surface area contributed by atoms with Gasteiger partial charge in [0.1, 0.15) is 0 Å². The van der Waals surface area contributed by atoms with Crippen molar-refractivity contribution in [3.63, 3.8) is 0 Å². The van der Waals surface area contributed by atoms with Crippen molar-refractivity contribution >= 4 is 5.97 Å². The van der Waals surface area contributed by atoms with Crippen LogP contribution in [0.2, 0.25) is 0 Å². The van der Waals surface area contributed by atoms with Gasteiger partial charge in [-0.25, -0.2) is 13.8 Å². The van der Waals surface area contributed by atoms with Gasteiger partial charge in [0.25, 0.3) is 6.43 Å². The fourth-order valence-electron chi connectivity index (χ4n) is 1.58. The molecule has 106 valence electrons. The molecule has 0 aromatic carbocycles. The van der Waals surface area contributed by atoms with Gasteiger partial charge < -0.3 is 4.74 Å². The summed E-state index contributed by atoms with van der Waals surface area (Å²) in [5.41, 5.74) is -3.47. The number of hydrogen-bond acceptors (Lipinski definition) is 3. The minimum atomic E-state index is -5.01. The largest absolute Gasteiger partial charge is 0.469 e. The highest BCUT2D eigenvalue weighted by Gasteiger charge is 2.39. The molecule has 1 heterocycles. The summed E-state index contributed by atoms with van der Waals surface area (Å²) >= 11 is 0. The van der Waals surface area contributed by atoms with Gasteiger partial charge in [0, 0.05) is 5.69 Å². The topological polar surface area (TPSA) is 39.2 Å². The van der Waals surface area contributed by atoms with Gasteiger partial charge in [-0.3, -0.25) is 4.79 Å². The van der Waals surface area contributed by atoms with Crippen LogP contribution in [0.3, 0.4) is 0 Å². The summed E-state index contributed by atoms with van der Waals surface area (Å²) in [5, 5.41) is 0. The highest BCUT2D eigenvalue weighted by molar-refractivity contribution is 5.73. The molecule has 0 unspecified atom stereocenters. The van der Waals surface area contributed by atoms with Crippen LogP contribution < -0.4 is 0 Å². The zero-order valence-electron chi connectivity index (χ0n) is 10.0. The molecule has 1 aromatic rings. The van der Waals surface area contributed by atoms with Crippen molar-refractivity contribution in [1.82, 2.24) is 4.98 Å². The summed E-state index contributed by atoms with van der Waals surface area (Å²) in [6, 6.07) is 1.02. The zero-order valence-corrected chi connectivity index (χ0v) is 10.0. The van der Waals surface area contributed by atoms with Crippen LogP contribution in [0.15, 0.2) is 6.07 Å². The summed E-state index contributed by atoms with van der Waals surface area (Å²) in [4.78, 5) is 14.2. The number of nitrogens with zero attached hydrogens (tertiary/aromatic N) is 1. The summed E-state index contributed by atoms with van der Waals surface area (Å²) in [7, 11) is 1.02. The van der Waals surface area contributed by atoms with Crippen molar-refractivity contribution in [2.24, 2.45) is 0 Å². The first kappa shape index (κ1) is 15.3. The van der Waals surface area contributed by atoms with E-state index in [9.17, 15) is 26.7 Å². The maximum absolute atomic E-state index is 12.8. The first-order chi connectivity index (χ1) is 8.66. The van der Waals surface area contributed by atoms with Gasteiger partial charge in [-0.15, -0.1) is 0 Å². The lowest BCUT2D eigenvalue weighted by Crippen LogP contribution is -2.17. The minimum absolute atomic E-state index is 0.101. The van der Waals surface area contributed by atoms with Gasteiger partial charge in [0.05, 0.1) is 19.1 Å². The molecule has 0 bridgehead atoms. The second-order valence-electron chi connectivity index (χ2n) is 3.74. The molecule has 19 heavy (non-hydrogen) atoms. The van der Waals surface area contributed by atoms with E-state index in [2.05, 4.69) is 9.72 Å². The molecular weight excluding hydrogens is 273 g/mol. The summed E-state index contributed by atoms with van der Waals surface area (Å²) in [5.74, 6) is -0.902. The van der Waals surface area contributed by atoms with Crippen LogP contribution in [0.4, 0.5) is 22.0 Å². The second kappa shape index (κ2) is 5.50. The molecule has 0 saturated carbocycles. The average Bonchev–Trinajstić information content (AvgIpc) is 2.26. The predicted molar refractivity (Wildman–Crippen MR) is 54.7 cm³/mol. The Morgan fingerprint density at radius 3 is 2.42 bits per heavy atom. The Hall–Kier alpha value is -1.73. The van der Waals surface area contributed by atoms with E-state index in [0.29, 0.717) is 0 Å². The quantitative estimate of drug-likeness (QED) is 0.632. The lowest BCUT2D eigenvalue weighted by molar-refractivity contribution is -0.144. The number of halogens is 5. The Morgan fingerprint density at radius 1 is 1.42 bits per heavy atom. The maximum atomic E-state index is 12.8. The van der Waals surface area contributed by atoms with Gasteiger partial charge in [-0.05, 0) is 18.6 Å². The molecule has 0 aliphatic carbocycles. The molecule has 1 aromatic heterocycles. The molecule has 0 aliphatic rings. The molecular formula is C11H10F5NO2. The molecule has 0 saturated heterocycles. The fourth-order valence-corrected chi connectivity index (χ4v) is 1.58. The number of carbonyl (C=O) groups is 1. The van der Waals surface area contributed by atoms with Crippen LogP contribution in [0.25, 0.3) is 0 Å². The SMILES string of the molecule is COC(=O)Cc1cc(C)nc(C(F)(F)F)c1C(F)F. The van der Waals surface area contributed by atoms with Crippen molar-refractivity contribution < 1.29 is 31.5 Å². The Morgan fingerprint density at radius 2 is 2.00 bits per heavy atom. The molecule has 0 radical (unpaired) electrons. The van der Waals surface area contributed by atoms with Gasteiger partial charge >= 0.3 is 12.1 Å². The van der Waals surface area contributed by atoms with Crippen LogP contribution in [0, 0.1) is 6.92 Å². The highest BCUT2D eigenvalue weighted by atomic mass is 19.4. The van der Waals surface area contributed by atoms with Crippen molar-refractivity contribution in [2.75, 3.05) is 7.11 Å². The van der Waals surface area contributed by atoms with E-state index in [1.54, 1.807) is 0 Å². The zero-order chi connectivity index (χ0) is 14.8. The average molecular weight is 283 g/mol. The Kier molecular flexibility index (Phi) is 4.43. The number of alkyl halides is 5. The number of ether oxygens (including phenoxy) is 1. The first-order valence-electron chi connectivity index (χ1n) is 5.09. The molecule has 1 rings (SSSR count). The van der Waals surface area contributed by atoms with Crippen molar-refractivity contribution in [3.8, 4) is 0 Å². The van der Waals surface area contributed by atoms with E-state index in [-0.39, 0.29) is 5.69 Å². The number of aromatic nitrogens is 1. The molecule has 0 spiro atoms. The number of rotatable bonds is 3. The summed E-state index contributed by atoms with van der Waals surface area (Å²) in [6.07, 6.45) is -9.06. The predicted octanol–water partition coefficient (Wildman–Crippen LogP) is 3.06. The first-order valence-corrected chi connectivity index (χ1v) is 5.09. The minimum Gasteiger partial charge on any atom is -0.469 e. The standard InChI is InChI=1S/C11H10F5NO2/c1-5-3-6(4-7(18)19-2)8(10(12)13)9(17-5)11(14,15)16/h3,10H,4H2,1-2H3. The number of methoxy groups -OCH3 is 1. The molecule has 8 heteroatoms. The summed E-state index contributed by atoms with van der Waals surface area (Å²) in [6.45, 7) is 1.23. The fraction of sp³-hybridized carbons (Fsp3) is 0.455. The second-order valence-corrected chi connectivity index (χ2v) is 3.74. The van der Waals surface area contributed by atoms with Crippen LogP contribution in [0.5, 0.6) is 0 Å². The lowest BCUT2D eigenvalue weighted by Gasteiger charge is -2.16. The lowest BCUT2D eigenvalue weighted by atomic mass is 10.0. The number of aryl methyl sites for hydroxylation is 1. The third-order valence-electron chi connectivity index (χ3n) is 2.32. The van der Waals surface area contributed by atoms with E-state index < -0.39 is 41.8 Å². The van der Waals surface area contributed by atoms with Gasteiger partial charge in [-0.1, -0.05) is 0 Å². The van der Waals surface area contributed by atoms with Gasteiger partial charge in [-0.2, -0.15) is 13.2 Å². The molecule has 0 amide bonds. The van der Waals surface area contributed by atoms with Crippen LogP contribution in [0.1, 0.15) is 28.9 Å². The molecule has 0 aliphatic heterocycles. The highest BCUT2D eigenvalue weighted by Crippen LogP contribution is 2.37. The monoisotopic (exact) mass is 283 g/mol. The number of hydrogen-bond donors (Lipinski definition) is 0. The number of carbonyl (C=O) groups excluding carboxylic acids is 1. The van der Waals surface area contributed by atoms with Crippen molar-refractivity contribution in [1.29, 1.82) is 0 Å². The molecule has 0 fully saturated rings. The van der Waals surface area contributed by atoms with Gasteiger partial charge in [0.2, 0.25) is 0 Å². The summed E-state index contributed by atoms with van der Waals surface area (Å²) < 4.78 is 67.9. The maximum Gasteiger partial charge on any atom is 0.433 e. The third kappa shape index (κ3) is 3.62. The molecule has 0 atom stereocenters. The number of pyridine rings is 1. The molecule has 0 N–H and O–H groups in total. The van der Waals surface area contributed by atoms with E-state index in [1.807, 2.05) is 0 Å². The van der Waals surface area contributed by atoms with Gasteiger partial charge in [0.15, 0.2) is 5.69 Å². The van der Waals surface area contributed by atoms with Crippen LogP contribution >= 0.6 is 0 Å². The Labute approximate surface area is 105 Å². The van der Waals surface area contributed by atoms with E-state index in [0.717, 1.165) is 13.2 Å². The third-order valence-corrected chi connectivity index (χ3v) is 2.32. The normalized spacial score (nSPS) is 11.8. The Balaban J connectivity index is 3.45. The van der Waals surface area contributed by atoms with E-state index in [1.165, 1.54) is 6.92 Å². The van der Waals surface area contributed by atoms with Crippen molar-refractivity contribution in [2.45, 2.75) is 25.9 Å². The number of esters is 1. The molecule has 3 nitrogen and oxygen atoms in total. The van der Waals surface area contributed by atoms with Crippen LogP contribution in [-0.2, 0) is 22.1 Å². The smallest absolute Gasteiger partial charge is 0.433 e. The van der Waals surface area contributed by atoms with E-state index in [4.69, 9.17) is 0 Å². The van der Waals surface area contributed by atoms with Crippen molar-refractivity contribution in [3.05, 3.63) is 28.6 Å². The Bertz CT molecular complexity index is 485.